The van der Waals surface area contributed by atoms with E-state index in [2.05, 4.69) is 0 Å². The summed E-state index contributed by atoms with van der Waals surface area (Å²) in [7, 11) is 2.76. The first-order chi connectivity index (χ1) is 11.8. The molecule has 0 fully saturated rings. The Labute approximate surface area is 163 Å². The van der Waals surface area contributed by atoms with E-state index in [0.29, 0.717) is 0 Å². The maximum Gasteiger partial charge on any atom is 0.346 e. The second-order valence-corrected chi connectivity index (χ2v) is 6.25. The topological polar surface area (TPSA) is 61.8 Å². The van der Waals surface area contributed by atoms with Crippen LogP contribution in [0.3, 0.4) is 0 Å². The van der Waals surface area contributed by atoms with E-state index in [1.807, 2.05) is 0 Å². The molecule has 0 spiro atoms. The smallest absolute Gasteiger partial charge is 0.346 e. The van der Waals surface area contributed by atoms with Crippen molar-refractivity contribution < 1.29 is 23.8 Å². The third-order valence-electron chi connectivity index (χ3n) is 3.06. The summed E-state index contributed by atoms with van der Waals surface area (Å²) in [4.78, 5) is 24.3. The number of ether oxygens (including phenoxy) is 3. The molecule has 0 unspecified atom stereocenters. The second kappa shape index (κ2) is 8.15. The lowest BCUT2D eigenvalue weighted by atomic mass is 10.2. The maximum atomic E-state index is 12.1. The average molecular weight is 424 g/mol. The molecule has 0 radical (unpaired) electrons. The van der Waals surface area contributed by atoms with E-state index in [9.17, 15) is 9.59 Å². The normalized spacial score (nSPS) is 10.3. The number of halogens is 4. The van der Waals surface area contributed by atoms with Crippen molar-refractivity contribution in [2.75, 3.05) is 14.2 Å². The van der Waals surface area contributed by atoms with E-state index in [4.69, 9.17) is 60.6 Å². The first-order valence-electron chi connectivity index (χ1n) is 6.61. The molecule has 0 aliphatic carbocycles. The number of methoxy groups -OCH3 is 2. The molecule has 0 amide bonds. The van der Waals surface area contributed by atoms with Gasteiger partial charge < -0.3 is 14.2 Å². The molecule has 2 aromatic rings. The minimum atomic E-state index is -0.945. The van der Waals surface area contributed by atoms with Crippen molar-refractivity contribution in [1.82, 2.24) is 0 Å². The fourth-order valence-electron chi connectivity index (χ4n) is 1.95. The molecule has 5 nitrogen and oxygen atoms in total. The summed E-state index contributed by atoms with van der Waals surface area (Å²) >= 11 is 23.8. The Balaban J connectivity index is 2.25. The summed E-state index contributed by atoms with van der Waals surface area (Å²) in [5, 5.41) is 0.407. The predicted octanol–water partition coefficient (Wildman–Crippen LogP) is 5.31. The number of hydrogen-bond acceptors (Lipinski definition) is 5. The van der Waals surface area contributed by atoms with Gasteiger partial charge in [-0.05, 0) is 24.3 Å². The van der Waals surface area contributed by atoms with Crippen LogP contribution in [-0.2, 0) is 4.74 Å². The van der Waals surface area contributed by atoms with E-state index in [-0.39, 0.29) is 42.7 Å². The fraction of sp³-hybridized carbons (Fsp3) is 0.125. The van der Waals surface area contributed by atoms with Crippen LogP contribution < -0.4 is 9.47 Å². The van der Waals surface area contributed by atoms with Crippen LogP contribution in [0.25, 0.3) is 0 Å². The van der Waals surface area contributed by atoms with E-state index in [1.165, 1.54) is 38.5 Å². The summed E-state index contributed by atoms with van der Waals surface area (Å²) < 4.78 is 14.8. The molecular weight excluding hydrogens is 414 g/mol. The highest BCUT2D eigenvalue weighted by Gasteiger charge is 2.20. The van der Waals surface area contributed by atoms with Gasteiger partial charge in [0.2, 0.25) is 0 Å². The van der Waals surface area contributed by atoms with E-state index in [1.54, 1.807) is 0 Å². The molecular formula is C16H10Cl4O5. The van der Waals surface area contributed by atoms with Gasteiger partial charge in [-0.1, -0.05) is 46.4 Å². The lowest BCUT2D eigenvalue weighted by Gasteiger charge is -2.10. The molecule has 9 heteroatoms. The van der Waals surface area contributed by atoms with Gasteiger partial charge >= 0.3 is 11.9 Å². The van der Waals surface area contributed by atoms with Crippen LogP contribution in [-0.4, -0.2) is 26.2 Å². The number of carbonyl (C=O) groups is 2. The first-order valence-corrected chi connectivity index (χ1v) is 8.12. The summed E-state index contributed by atoms with van der Waals surface area (Å²) in [5.41, 5.74) is -0.0373. The van der Waals surface area contributed by atoms with Crippen LogP contribution in [0.1, 0.15) is 20.7 Å². The van der Waals surface area contributed by atoms with Gasteiger partial charge in [-0.15, -0.1) is 0 Å². The van der Waals surface area contributed by atoms with Gasteiger partial charge in [-0.3, -0.25) is 0 Å². The Kier molecular flexibility index (Phi) is 6.41. The van der Waals surface area contributed by atoms with Gasteiger partial charge in [0.05, 0.1) is 45.4 Å². The maximum absolute atomic E-state index is 12.1. The largest absolute Gasteiger partial charge is 0.494 e. The van der Waals surface area contributed by atoms with E-state index < -0.39 is 11.9 Å². The highest BCUT2D eigenvalue weighted by atomic mass is 35.5. The average Bonchev–Trinajstić information content (AvgIpc) is 2.54. The summed E-state index contributed by atoms with van der Waals surface area (Å²) in [5.74, 6) is -1.47. The van der Waals surface area contributed by atoms with Crippen molar-refractivity contribution in [3.05, 3.63) is 55.5 Å². The molecule has 0 atom stereocenters. The monoisotopic (exact) mass is 422 g/mol. The van der Waals surface area contributed by atoms with Crippen LogP contribution in [0.15, 0.2) is 24.3 Å². The molecule has 0 aliphatic rings. The zero-order valence-corrected chi connectivity index (χ0v) is 15.9. The third kappa shape index (κ3) is 4.30. The molecule has 0 N–H and O–H groups in total. The molecule has 0 saturated carbocycles. The predicted molar refractivity (Wildman–Crippen MR) is 95.8 cm³/mol. The van der Waals surface area contributed by atoms with Gasteiger partial charge in [0.15, 0.2) is 11.5 Å². The zero-order valence-electron chi connectivity index (χ0n) is 12.9. The number of hydrogen-bond donors (Lipinski definition) is 0. The van der Waals surface area contributed by atoms with Gasteiger partial charge in [0, 0.05) is 0 Å². The van der Waals surface area contributed by atoms with Crippen LogP contribution in [0, 0.1) is 0 Å². The highest BCUT2D eigenvalue weighted by Crippen LogP contribution is 2.35. The third-order valence-corrected chi connectivity index (χ3v) is 4.18. The van der Waals surface area contributed by atoms with Gasteiger partial charge in [0.1, 0.15) is 0 Å². The molecule has 0 aliphatic heterocycles. The molecule has 0 aromatic heterocycles. The van der Waals surface area contributed by atoms with Crippen molar-refractivity contribution in [2.24, 2.45) is 0 Å². The Morgan fingerprint density at radius 3 is 1.20 bits per heavy atom. The van der Waals surface area contributed by atoms with Crippen LogP contribution in [0.4, 0.5) is 0 Å². The summed E-state index contributed by atoms with van der Waals surface area (Å²) in [6.07, 6.45) is 0. The molecule has 0 heterocycles. The number of esters is 2. The van der Waals surface area contributed by atoms with Crippen molar-refractivity contribution in [3.8, 4) is 11.5 Å². The number of rotatable bonds is 4. The molecule has 132 valence electrons. The SMILES string of the molecule is COc1c(Cl)cc(C(=O)OC(=O)c2cc(Cl)c(OC)c(Cl)c2)cc1Cl. The van der Waals surface area contributed by atoms with Crippen molar-refractivity contribution >= 4 is 58.3 Å². The lowest BCUT2D eigenvalue weighted by molar-refractivity contribution is 0.0398. The number of carbonyl (C=O) groups excluding carboxylic acids is 2. The van der Waals surface area contributed by atoms with Crippen LogP contribution >= 0.6 is 46.4 Å². The first kappa shape index (κ1) is 19.7. The molecule has 0 saturated heterocycles. The molecule has 2 rings (SSSR count). The fourth-order valence-corrected chi connectivity index (χ4v) is 3.23. The Hall–Kier alpha value is -1.66. The standard InChI is InChI=1S/C16H10Cl4O5/c1-23-13-9(17)3-7(4-10(13)18)15(21)25-16(22)8-5-11(19)14(24-2)12(20)6-8/h3-6H,1-2H3. The molecule has 25 heavy (non-hydrogen) atoms. The van der Waals surface area contributed by atoms with Crippen LogP contribution in [0.5, 0.6) is 11.5 Å². The zero-order chi connectivity index (χ0) is 18.7. The van der Waals surface area contributed by atoms with Crippen molar-refractivity contribution in [3.63, 3.8) is 0 Å². The quantitative estimate of drug-likeness (QED) is 0.492. The highest BCUT2D eigenvalue weighted by molar-refractivity contribution is 6.38. The minimum absolute atomic E-state index is 0.0187. The summed E-state index contributed by atoms with van der Waals surface area (Å²) in [6.45, 7) is 0. The lowest BCUT2D eigenvalue weighted by Crippen LogP contribution is -2.13. The summed E-state index contributed by atoms with van der Waals surface area (Å²) in [6, 6.07) is 5.09. The second-order valence-electron chi connectivity index (χ2n) is 4.62. The molecule has 2 aromatic carbocycles. The Bertz CT molecular complexity index is 735. The Morgan fingerprint density at radius 1 is 0.680 bits per heavy atom. The molecule has 0 bridgehead atoms. The van der Waals surface area contributed by atoms with Gasteiger partial charge in [-0.25, -0.2) is 9.59 Å². The minimum Gasteiger partial charge on any atom is -0.494 e. The van der Waals surface area contributed by atoms with Crippen molar-refractivity contribution in [1.29, 1.82) is 0 Å². The van der Waals surface area contributed by atoms with E-state index >= 15 is 0 Å². The van der Waals surface area contributed by atoms with Gasteiger partial charge in [0.25, 0.3) is 0 Å². The number of benzene rings is 2. The van der Waals surface area contributed by atoms with Crippen molar-refractivity contribution in [2.45, 2.75) is 0 Å². The van der Waals surface area contributed by atoms with E-state index in [0.717, 1.165) is 0 Å². The van der Waals surface area contributed by atoms with Gasteiger partial charge in [-0.2, -0.15) is 0 Å². The Morgan fingerprint density at radius 2 is 0.960 bits per heavy atom. The van der Waals surface area contributed by atoms with Crippen LogP contribution in [0.2, 0.25) is 20.1 Å².